The molecule has 0 radical (unpaired) electrons. The van der Waals surface area contributed by atoms with Gasteiger partial charge in [-0.15, -0.1) is 0 Å². The van der Waals surface area contributed by atoms with Gasteiger partial charge in [-0.05, 0) is 39.2 Å². The number of rotatable bonds is 5. The van der Waals surface area contributed by atoms with Gasteiger partial charge in [-0.25, -0.2) is 0 Å². The standard InChI is InChI=1S/C13H28N2O/c1-11(2)9-13(3,10-14)15(4)12-5-7-16-8-6-12/h11-12H,5-10,14H2,1-4H3. The van der Waals surface area contributed by atoms with E-state index in [1.807, 2.05) is 0 Å². The van der Waals surface area contributed by atoms with Gasteiger partial charge in [0.15, 0.2) is 0 Å². The molecule has 0 amide bonds. The van der Waals surface area contributed by atoms with Gasteiger partial charge in [-0.1, -0.05) is 13.8 Å². The Labute approximate surface area is 100 Å². The molecule has 1 aliphatic rings. The second-order valence-corrected chi connectivity index (χ2v) is 5.75. The second kappa shape index (κ2) is 5.99. The summed E-state index contributed by atoms with van der Waals surface area (Å²) in [4.78, 5) is 2.50. The van der Waals surface area contributed by atoms with Crippen LogP contribution in [0.2, 0.25) is 0 Å². The third kappa shape index (κ3) is 3.44. The molecule has 1 fully saturated rings. The Morgan fingerprint density at radius 3 is 2.38 bits per heavy atom. The van der Waals surface area contributed by atoms with Crippen LogP contribution in [0.25, 0.3) is 0 Å². The molecule has 3 heteroatoms. The van der Waals surface area contributed by atoms with E-state index in [0.717, 1.165) is 39.0 Å². The molecule has 1 unspecified atom stereocenters. The summed E-state index contributed by atoms with van der Waals surface area (Å²) in [6, 6.07) is 0.640. The summed E-state index contributed by atoms with van der Waals surface area (Å²) < 4.78 is 5.42. The van der Waals surface area contributed by atoms with Gasteiger partial charge in [-0.3, -0.25) is 4.90 Å². The molecule has 0 aliphatic carbocycles. The lowest BCUT2D eigenvalue weighted by Gasteiger charge is -2.45. The van der Waals surface area contributed by atoms with Gasteiger partial charge in [0.25, 0.3) is 0 Å². The number of hydrogen-bond acceptors (Lipinski definition) is 3. The SMILES string of the molecule is CC(C)CC(C)(CN)N(C)C1CCOCC1. The lowest BCUT2D eigenvalue weighted by molar-refractivity contribution is -0.00256. The van der Waals surface area contributed by atoms with Gasteiger partial charge in [0.1, 0.15) is 0 Å². The van der Waals surface area contributed by atoms with E-state index in [1.54, 1.807) is 0 Å². The van der Waals surface area contributed by atoms with Crippen LogP contribution in [0, 0.1) is 5.92 Å². The number of ether oxygens (including phenoxy) is 1. The van der Waals surface area contributed by atoms with Gasteiger partial charge in [0.05, 0.1) is 0 Å². The number of nitrogens with two attached hydrogens (primary N) is 1. The molecule has 0 aromatic carbocycles. The van der Waals surface area contributed by atoms with Crippen molar-refractivity contribution in [2.24, 2.45) is 11.7 Å². The van der Waals surface area contributed by atoms with E-state index in [9.17, 15) is 0 Å². The first-order chi connectivity index (χ1) is 7.49. The lowest BCUT2D eigenvalue weighted by atomic mass is 9.87. The van der Waals surface area contributed by atoms with E-state index in [-0.39, 0.29) is 5.54 Å². The van der Waals surface area contributed by atoms with Crippen molar-refractivity contribution in [3.8, 4) is 0 Å². The molecule has 1 atom stereocenters. The number of likely N-dealkylation sites (N-methyl/N-ethyl adjacent to an activating group) is 1. The van der Waals surface area contributed by atoms with E-state index in [4.69, 9.17) is 10.5 Å². The van der Waals surface area contributed by atoms with Crippen molar-refractivity contribution in [3.63, 3.8) is 0 Å². The minimum absolute atomic E-state index is 0.135. The van der Waals surface area contributed by atoms with Crippen LogP contribution in [0.4, 0.5) is 0 Å². The fourth-order valence-corrected chi connectivity index (χ4v) is 2.76. The molecule has 3 nitrogen and oxygen atoms in total. The molecule has 0 spiro atoms. The van der Waals surface area contributed by atoms with Crippen molar-refractivity contribution in [2.75, 3.05) is 26.8 Å². The quantitative estimate of drug-likeness (QED) is 0.780. The first-order valence-corrected chi connectivity index (χ1v) is 6.50. The van der Waals surface area contributed by atoms with E-state index in [1.165, 1.54) is 0 Å². The largest absolute Gasteiger partial charge is 0.381 e. The summed E-state index contributed by atoms with van der Waals surface area (Å²) in [7, 11) is 2.23. The predicted octanol–water partition coefficient (Wildman–Crippen LogP) is 1.86. The molecule has 0 aromatic rings. The summed E-state index contributed by atoms with van der Waals surface area (Å²) >= 11 is 0. The van der Waals surface area contributed by atoms with Gasteiger partial charge < -0.3 is 10.5 Å². The highest BCUT2D eigenvalue weighted by molar-refractivity contribution is 4.90. The minimum atomic E-state index is 0.135. The zero-order valence-electron chi connectivity index (χ0n) is 11.3. The van der Waals surface area contributed by atoms with Crippen LogP contribution in [0.5, 0.6) is 0 Å². The molecular formula is C13H28N2O. The van der Waals surface area contributed by atoms with Crippen LogP contribution in [0.15, 0.2) is 0 Å². The van der Waals surface area contributed by atoms with Gasteiger partial charge in [0.2, 0.25) is 0 Å². The van der Waals surface area contributed by atoms with Crippen LogP contribution in [-0.4, -0.2) is 43.3 Å². The van der Waals surface area contributed by atoms with Crippen LogP contribution >= 0.6 is 0 Å². The van der Waals surface area contributed by atoms with Gasteiger partial charge in [-0.2, -0.15) is 0 Å². The molecular weight excluding hydrogens is 200 g/mol. The minimum Gasteiger partial charge on any atom is -0.381 e. The molecule has 1 aliphatic heterocycles. The normalized spacial score (nSPS) is 22.7. The van der Waals surface area contributed by atoms with Crippen molar-refractivity contribution >= 4 is 0 Å². The average Bonchev–Trinajstić information content (AvgIpc) is 2.28. The maximum atomic E-state index is 5.99. The Morgan fingerprint density at radius 1 is 1.38 bits per heavy atom. The summed E-state index contributed by atoms with van der Waals surface area (Å²) in [5, 5.41) is 0. The van der Waals surface area contributed by atoms with Gasteiger partial charge >= 0.3 is 0 Å². The van der Waals surface area contributed by atoms with Gasteiger partial charge in [0, 0.05) is 31.3 Å². The summed E-state index contributed by atoms with van der Waals surface area (Å²) in [6.45, 7) is 9.37. The van der Waals surface area contributed by atoms with Crippen molar-refractivity contribution in [3.05, 3.63) is 0 Å². The topological polar surface area (TPSA) is 38.5 Å². The van der Waals surface area contributed by atoms with Crippen molar-refractivity contribution in [1.82, 2.24) is 4.90 Å². The Kier molecular flexibility index (Phi) is 5.22. The van der Waals surface area contributed by atoms with E-state index >= 15 is 0 Å². The molecule has 0 aromatic heterocycles. The molecule has 1 heterocycles. The summed E-state index contributed by atoms with van der Waals surface area (Å²) in [6.07, 6.45) is 3.45. The molecule has 0 saturated carbocycles. The average molecular weight is 228 g/mol. The third-order valence-electron chi connectivity index (χ3n) is 3.88. The summed E-state index contributed by atoms with van der Waals surface area (Å²) in [5.41, 5.74) is 6.13. The van der Waals surface area contributed by atoms with Crippen molar-refractivity contribution in [1.29, 1.82) is 0 Å². The number of nitrogens with zero attached hydrogens (tertiary/aromatic N) is 1. The lowest BCUT2D eigenvalue weighted by Crippen LogP contribution is -2.55. The van der Waals surface area contributed by atoms with E-state index in [2.05, 4.69) is 32.7 Å². The Morgan fingerprint density at radius 2 is 1.94 bits per heavy atom. The molecule has 2 N–H and O–H groups in total. The monoisotopic (exact) mass is 228 g/mol. The highest BCUT2D eigenvalue weighted by Crippen LogP contribution is 2.27. The van der Waals surface area contributed by atoms with Crippen LogP contribution in [0.3, 0.4) is 0 Å². The van der Waals surface area contributed by atoms with Crippen LogP contribution < -0.4 is 5.73 Å². The highest BCUT2D eigenvalue weighted by atomic mass is 16.5. The van der Waals surface area contributed by atoms with Crippen molar-refractivity contribution < 1.29 is 4.74 Å². The van der Waals surface area contributed by atoms with Crippen LogP contribution in [0.1, 0.15) is 40.0 Å². The van der Waals surface area contributed by atoms with Crippen molar-refractivity contribution in [2.45, 2.75) is 51.6 Å². The highest BCUT2D eigenvalue weighted by Gasteiger charge is 2.33. The first kappa shape index (κ1) is 13.9. The first-order valence-electron chi connectivity index (χ1n) is 6.50. The Hall–Kier alpha value is -0.120. The Bertz CT molecular complexity index is 202. The molecule has 96 valence electrons. The second-order valence-electron chi connectivity index (χ2n) is 5.75. The zero-order chi connectivity index (χ0) is 12.2. The maximum Gasteiger partial charge on any atom is 0.0480 e. The molecule has 0 bridgehead atoms. The van der Waals surface area contributed by atoms with E-state index in [0.29, 0.717) is 12.0 Å². The molecule has 16 heavy (non-hydrogen) atoms. The fraction of sp³-hybridized carbons (Fsp3) is 1.00. The predicted molar refractivity (Wildman–Crippen MR) is 68.5 cm³/mol. The third-order valence-corrected chi connectivity index (χ3v) is 3.88. The van der Waals surface area contributed by atoms with E-state index < -0.39 is 0 Å². The summed E-state index contributed by atoms with van der Waals surface area (Å²) in [5.74, 6) is 0.691. The number of hydrogen-bond donors (Lipinski definition) is 1. The zero-order valence-corrected chi connectivity index (χ0v) is 11.3. The maximum absolute atomic E-state index is 5.99. The molecule has 1 rings (SSSR count). The molecule has 1 saturated heterocycles. The van der Waals surface area contributed by atoms with Crippen LogP contribution in [-0.2, 0) is 4.74 Å². The Balaban J connectivity index is 2.62. The fourth-order valence-electron chi connectivity index (χ4n) is 2.76. The smallest absolute Gasteiger partial charge is 0.0480 e.